The van der Waals surface area contributed by atoms with Crippen LogP contribution >= 0.6 is 0 Å². The van der Waals surface area contributed by atoms with Gasteiger partial charge in [0, 0.05) is 0 Å². The molecule has 1 aliphatic rings. The van der Waals surface area contributed by atoms with Crippen LogP contribution in [0.3, 0.4) is 0 Å². The summed E-state index contributed by atoms with van der Waals surface area (Å²) >= 11 is 0. The Morgan fingerprint density at radius 1 is 1.69 bits per heavy atom. The van der Waals surface area contributed by atoms with Crippen molar-refractivity contribution in [3.63, 3.8) is 0 Å². The summed E-state index contributed by atoms with van der Waals surface area (Å²) in [6.45, 7) is 5.83. The van der Waals surface area contributed by atoms with Crippen molar-refractivity contribution >= 4 is 0 Å². The van der Waals surface area contributed by atoms with Gasteiger partial charge in [0.1, 0.15) is 0 Å². The fraction of sp³-hybridized carbons (Fsp3) is 0.727. The lowest BCUT2D eigenvalue weighted by molar-refractivity contribution is 0.299. The number of hydrogen-bond acceptors (Lipinski definition) is 2. The molecule has 2 heteroatoms. The summed E-state index contributed by atoms with van der Waals surface area (Å²) in [4.78, 5) is 0. The fourth-order valence-electron chi connectivity index (χ4n) is 1.93. The Morgan fingerprint density at radius 3 is 3.08 bits per heavy atom. The number of nitriles is 1. The zero-order chi connectivity index (χ0) is 9.52. The molecule has 1 fully saturated rings. The first-order valence-corrected chi connectivity index (χ1v) is 5.09. The van der Waals surface area contributed by atoms with E-state index in [4.69, 9.17) is 5.26 Å². The molecule has 2 atom stereocenters. The van der Waals surface area contributed by atoms with Crippen molar-refractivity contribution in [2.24, 2.45) is 11.8 Å². The number of allylic oxidation sites excluding steroid dienone is 1. The maximum atomic E-state index is 8.99. The highest BCUT2D eigenvalue weighted by Gasteiger charge is 2.22. The van der Waals surface area contributed by atoms with Gasteiger partial charge in [0.05, 0.1) is 12.0 Å². The Labute approximate surface area is 80.6 Å². The normalized spacial score (nSPS) is 24.7. The molecule has 1 N–H and O–H groups in total. The third-order valence-electron chi connectivity index (χ3n) is 2.75. The molecule has 2 nitrogen and oxygen atoms in total. The Kier molecular flexibility index (Phi) is 4.56. The molecule has 1 heterocycles. The van der Waals surface area contributed by atoms with Crippen molar-refractivity contribution in [2.75, 3.05) is 13.1 Å². The lowest BCUT2D eigenvalue weighted by Gasteiger charge is -2.26. The van der Waals surface area contributed by atoms with Crippen LogP contribution in [0, 0.1) is 23.2 Å². The van der Waals surface area contributed by atoms with Gasteiger partial charge in [-0.3, -0.25) is 0 Å². The average molecular weight is 178 g/mol. The van der Waals surface area contributed by atoms with E-state index in [0.29, 0.717) is 5.92 Å². The molecule has 13 heavy (non-hydrogen) atoms. The van der Waals surface area contributed by atoms with Crippen molar-refractivity contribution in [3.8, 4) is 6.07 Å². The van der Waals surface area contributed by atoms with Gasteiger partial charge in [-0.05, 0) is 44.7 Å². The summed E-state index contributed by atoms with van der Waals surface area (Å²) in [7, 11) is 0. The van der Waals surface area contributed by atoms with Crippen molar-refractivity contribution in [3.05, 3.63) is 12.7 Å². The number of hydrogen-bond donors (Lipinski definition) is 1. The zero-order valence-corrected chi connectivity index (χ0v) is 8.13. The zero-order valence-electron chi connectivity index (χ0n) is 8.13. The van der Waals surface area contributed by atoms with E-state index in [9.17, 15) is 0 Å². The van der Waals surface area contributed by atoms with Crippen LogP contribution in [-0.4, -0.2) is 13.1 Å². The maximum Gasteiger partial charge on any atom is 0.0659 e. The van der Waals surface area contributed by atoms with Crippen LogP contribution in [0.1, 0.15) is 25.7 Å². The SMILES string of the molecule is C=CCCC(C#N)C1CCCNC1. The molecule has 1 aliphatic heterocycles. The summed E-state index contributed by atoms with van der Waals surface area (Å²) in [5.41, 5.74) is 0. The minimum atomic E-state index is 0.228. The maximum absolute atomic E-state index is 8.99. The van der Waals surface area contributed by atoms with E-state index in [1.54, 1.807) is 0 Å². The summed E-state index contributed by atoms with van der Waals surface area (Å²) in [6, 6.07) is 2.42. The van der Waals surface area contributed by atoms with Gasteiger partial charge < -0.3 is 5.32 Å². The second kappa shape index (κ2) is 5.77. The van der Waals surface area contributed by atoms with E-state index in [-0.39, 0.29) is 5.92 Å². The summed E-state index contributed by atoms with van der Waals surface area (Å²) in [5.74, 6) is 0.796. The van der Waals surface area contributed by atoms with Crippen molar-refractivity contribution in [2.45, 2.75) is 25.7 Å². The monoisotopic (exact) mass is 178 g/mol. The lowest BCUT2D eigenvalue weighted by Crippen LogP contribution is -2.33. The topological polar surface area (TPSA) is 35.8 Å². The predicted molar refractivity (Wildman–Crippen MR) is 54.1 cm³/mol. The van der Waals surface area contributed by atoms with Gasteiger partial charge in [0.2, 0.25) is 0 Å². The van der Waals surface area contributed by atoms with Crippen LogP contribution < -0.4 is 5.32 Å². The van der Waals surface area contributed by atoms with E-state index in [0.717, 1.165) is 25.9 Å². The molecule has 0 aromatic heterocycles. The molecule has 0 radical (unpaired) electrons. The molecule has 1 saturated heterocycles. The third kappa shape index (κ3) is 3.20. The molecular formula is C11H18N2. The second-order valence-electron chi connectivity index (χ2n) is 3.71. The molecule has 0 spiro atoms. The van der Waals surface area contributed by atoms with E-state index in [1.165, 1.54) is 12.8 Å². The van der Waals surface area contributed by atoms with Crippen LogP contribution in [0.4, 0.5) is 0 Å². The van der Waals surface area contributed by atoms with E-state index < -0.39 is 0 Å². The first-order valence-electron chi connectivity index (χ1n) is 5.09. The number of rotatable bonds is 4. The van der Waals surface area contributed by atoms with Crippen molar-refractivity contribution < 1.29 is 0 Å². The molecule has 1 rings (SSSR count). The standard InChI is InChI=1S/C11H18N2/c1-2-3-5-10(8-12)11-6-4-7-13-9-11/h2,10-11,13H,1,3-7,9H2. The molecule has 0 aromatic carbocycles. The first kappa shape index (κ1) is 10.3. The molecule has 72 valence electrons. The van der Waals surface area contributed by atoms with Crippen LogP contribution in [0.25, 0.3) is 0 Å². The van der Waals surface area contributed by atoms with Gasteiger partial charge in [0.25, 0.3) is 0 Å². The van der Waals surface area contributed by atoms with E-state index >= 15 is 0 Å². The fourth-order valence-corrected chi connectivity index (χ4v) is 1.93. The van der Waals surface area contributed by atoms with Crippen molar-refractivity contribution in [1.82, 2.24) is 5.32 Å². The Morgan fingerprint density at radius 2 is 2.54 bits per heavy atom. The minimum Gasteiger partial charge on any atom is -0.316 e. The number of nitrogens with one attached hydrogen (secondary N) is 1. The van der Waals surface area contributed by atoms with E-state index in [1.807, 2.05) is 6.08 Å². The van der Waals surface area contributed by atoms with Gasteiger partial charge in [0.15, 0.2) is 0 Å². The minimum absolute atomic E-state index is 0.228. The molecule has 0 aliphatic carbocycles. The highest BCUT2D eigenvalue weighted by molar-refractivity contribution is 4.91. The molecule has 0 amide bonds. The van der Waals surface area contributed by atoms with E-state index in [2.05, 4.69) is 18.0 Å². The van der Waals surface area contributed by atoms with Crippen LogP contribution in [0.15, 0.2) is 12.7 Å². The smallest absolute Gasteiger partial charge is 0.0659 e. The van der Waals surface area contributed by atoms with Gasteiger partial charge in [-0.25, -0.2) is 0 Å². The Hall–Kier alpha value is -0.810. The first-order chi connectivity index (χ1) is 6.38. The van der Waals surface area contributed by atoms with Gasteiger partial charge in [-0.2, -0.15) is 5.26 Å². The molecular weight excluding hydrogens is 160 g/mol. The quantitative estimate of drug-likeness (QED) is 0.669. The summed E-state index contributed by atoms with van der Waals surface area (Å²) in [5, 5.41) is 12.3. The lowest BCUT2D eigenvalue weighted by atomic mass is 9.84. The predicted octanol–water partition coefficient (Wildman–Crippen LogP) is 2.09. The van der Waals surface area contributed by atoms with Crippen LogP contribution in [-0.2, 0) is 0 Å². The van der Waals surface area contributed by atoms with Gasteiger partial charge in [-0.1, -0.05) is 6.08 Å². The number of piperidine rings is 1. The highest BCUT2D eigenvalue weighted by Crippen LogP contribution is 2.23. The molecule has 0 bridgehead atoms. The van der Waals surface area contributed by atoms with Crippen LogP contribution in [0.5, 0.6) is 0 Å². The number of nitrogens with zero attached hydrogens (tertiary/aromatic N) is 1. The third-order valence-corrected chi connectivity index (χ3v) is 2.75. The summed E-state index contributed by atoms with van der Waals surface area (Å²) < 4.78 is 0. The molecule has 0 saturated carbocycles. The second-order valence-corrected chi connectivity index (χ2v) is 3.71. The molecule has 2 unspecified atom stereocenters. The Balaban J connectivity index is 2.35. The van der Waals surface area contributed by atoms with Gasteiger partial charge in [-0.15, -0.1) is 6.58 Å². The Bertz CT molecular complexity index is 187. The van der Waals surface area contributed by atoms with Crippen molar-refractivity contribution in [1.29, 1.82) is 5.26 Å². The summed E-state index contributed by atoms with van der Waals surface area (Å²) in [6.07, 6.45) is 6.28. The average Bonchev–Trinajstić information content (AvgIpc) is 2.21. The van der Waals surface area contributed by atoms with Gasteiger partial charge >= 0.3 is 0 Å². The molecule has 0 aromatic rings. The highest BCUT2D eigenvalue weighted by atomic mass is 14.9. The van der Waals surface area contributed by atoms with Crippen LogP contribution in [0.2, 0.25) is 0 Å². The largest absolute Gasteiger partial charge is 0.316 e.